The number of nitrogens with zero attached hydrogens (tertiary/aromatic N) is 3. The summed E-state index contributed by atoms with van der Waals surface area (Å²) in [7, 11) is 1.30. The number of rotatable bonds is 5. The van der Waals surface area contributed by atoms with E-state index in [9.17, 15) is 14.4 Å². The van der Waals surface area contributed by atoms with E-state index >= 15 is 0 Å². The molecule has 2 amide bonds. The van der Waals surface area contributed by atoms with E-state index in [-0.39, 0.29) is 11.5 Å². The Morgan fingerprint density at radius 2 is 1.76 bits per heavy atom. The van der Waals surface area contributed by atoms with Gasteiger partial charge in [0, 0.05) is 44.3 Å². The highest BCUT2D eigenvalue weighted by Gasteiger charge is 2.22. The van der Waals surface area contributed by atoms with Crippen LogP contribution in [0.4, 0.5) is 5.69 Å². The lowest BCUT2D eigenvalue weighted by Gasteiger charge is -2.34. The van der Waals surface area contributed by atoms with Crippen LogP contribution in [0.3, 0.4) is 0 Å². The number of ether oxygens (including phenoxy) is 1. The molecule has 0 atom stereocenters. The second-order valence-corrected chi connectivity index (χ2v) is 6.72. The van der Waals surface area contributed by atoms with Gasteiger partial charge in [0.2, 0.25) is 0 Å². The molecule has 0 bridgehead atoms. The second kappa shape index (κ2) is 9.29. The highest BCUT2D eigenvalue weighted by Crippen LogP contribution is 2.15. The predicted octanol–water partition coefficient (Wildman–Crippen LogP) is 1.90. The van der Waals surface area contributed by atoms with Crippen molar-refractivity contribution in [2.75, 3.05) is 45.2 Å². The van der Waals surface area contributed by atoms with E-state index in [4.69, 9.17) is 0 Å². The standard InChI is InChI=1S/C21H24N4O4/c1-3-24-7-9-25(10-8-24)20(27)17-11-16(13-22-14-17)19(26)23-18-6-4-5-15(12-18)21(28)29-2/h4-6,11-14H,3,7-10H2,1-2H3,(H,23,26). The number of nitrogens with one attached hydrogen (secondary N) is 1. The molecule has 2 heterocycles. The summed E-state index contributed by atoms with van der Waals surface area (Å²) in [6.45, 7) is 6.06. The molecule has 2 aromatic rings. The van der Waals surface area contributed by atoms with Gasteiger partial charge in [-0.2, -0.15) is 0 Å². The van der Waals surface area contributed by atoms with Gasteiger partial charge < -0.3 is 19.9 Å². The first-order chi connectivity index (χ1) is 14.0. The molecule has 8 nitrogen and oxygen atoms in total. The minimum atomic E-state index is -0.487. The fourth-order valence-electron chi connectivity index (χ4n) is 3.18. The maximum Gasteiger partial charge on any atom is 0.337 e. The number of carbonyl (C=O) groups excluding carboxylic acids is 3. The summed E-state index contributed by atoms with van der Waals surface area (Å²) in [6, 6.07) is 7.98. The average Bonchev–Trinajstić information content (AvgIpc) is 2.78. The zero-order chi connectivity index (χ0) is 20.8. The van der Waals surface area contributed by atoms with E-state index in [1.807, 2.05) is 0 Å². The number of benzene rings is 1. The van der Waals surface area contributed by atoms with Gasteiger partial charge in [0.1, 0.15) is 0 Å². The molecule has 0 radical (unpaired) electrons. The number of pyridine rings is 1. The van der Waals surface area contributed by atoms with E-state index in [0.717, 1.165) is 19.6 Å². The molecule has 1 fully saturated rings. The number of piperazine rings is 1. The Kier molecular flexibility index (Phi) is 6.56. The zero-order valence-electron chi connectivity index (χ0n) is 16.6. The molecule has 1 N–H and O–H groups in total. The molecule has 0 aliphatic carbocycles. The number of anilines is 1. The highest BCUT2D eigenvalue weighted by atomic mass is 16.5. The fraction of sp³-hybridized carbons (Fsp3) is 0.333. The lowest BCUT2D eigenvalue weighted by atomic mass is 10.1. The van der Waals surface area contributed by atoms with Crippen molar-refractivity contribution < 1.29 is 19.1 Å². The quantitative estimate of drug-likeness (QED) is 0.776. The van der Waals surface area contributed by atoms with Crippen molar-refractivity contribution in [3.8, 4) is 0 Å². The largest absolute Gasteiger partial charge is 0.465 e. The normalized spacial score (nSPS) is 14.3. The summed E-state index contributed by atoms with van der Waals surface area (Å²) in [6.07, 6.45) is 2.88. The summed E-state index contributed by atoms with van der Waals surface area (Å²) in [5.41, 5.74) is 1.43. The van der Waals surface area contributed by atoms with Crippen LogP contribution in [-0.4, -0.2) is 72.4 Å². The molecule has 152 valence electrons. The smallest absolute Gasteiger partial charge is 0.337 e. The van der Waals surface area contributed by atoms with Crippen LogP contribution in [0, 0.1) is 0 Å². The van der Waals surface area contributed by atoms with Gasteiger partial charge in [-0.25, -0.2) is 4.79 Å². The van der Waals surface area contributed by atoms with Crippen LogP contribution in [0.5, 0.6) is 0 Å². The maximum atomic E-state index is 12.8. The number of aromatic nitrogens is 1. The van der Waals surface area contributed by atoms with Gasteiger partial charge in [0.15, 0.2) is 0 Å². The van der Waals surface area contributed by atoms with Gasteiger partial charge >= 0.3 is 5.97 Å². The first kappa shape index (κ1) is 20.5. The van der Waals surface area contributed by atoms with E-state index < -0.39 is 11.9 Å². The first-order valence-electron chi connectivity index (χ1n) is 9.48. The molecule has 0 unspecified atom stereocenters. The number of likely N-dealkylation sites (N-methyl/N-ethyl adjacent to an activating group) is 1. The summed E-state index contributed by atoms with van der Waals surface area (Å²) in [5, 5.41) is 2.72. The van der Waals surface area contributed by atoms with Crippen LogP contribution in [0.2, 0.25) is 0 Å². The molecule has 3 rings (SSSR count). The summed E-state index contributed by atoms with van der Waals surface area (Å²) >= 11 is 0. The van der Waals surface area contributed by atoms with Crippen molar-refractivity contribution in [2.24, 2.45) is 0 Å². The van der Waals surface area contributed by atoms with E-state index in [0.29, 0.717) is 29.9 Å². The molecule has 1 aliphatic heterocycles. The fourth-order valence-corrected chi connectivity index (χ4v) is 3.18. The molecule has 29 heavy (non-hydrogen) atoms. The Bertz CT molecular complexity index is 907. The van der Waals surface area contributed by atoms with E-state index in [1.165, 1.54) is 25.6 Å². The Morgan fingerprint density at radius 1 is 1.03 bits per heavy atom. The Morgan fingerprint density at radius 3 is 2.45 bits per heavy atom. The molecule has 1 saturated heterocycles. The van der Waals surface area contributed by atoms with Crippen LogP contribution in [-0.2, 0) is 4.74 Å². The van der Waals surface area contributed by atoms with Crippen LogP contribution in [0.1, 0.15) is 38.0 Å². The third kappa shape index (κ3) is 4.97. The van der Waals surface area contributed by atoms with Crippen molar-refractivity contribution in [2.45, 2.75) is 6.92 Å². The number of carbonyl (C=O) groups is 3. The zero-order valence-corrected chi connectivity index (χ0v) is 16.6. The van der Waals surface area contributed by atoms with Crippen molar-refractivity contribution in [1.29, 1.82) is 0 Å². The van der Waals surface area contributed by atoms with E-state index in [1.54, 1.807) is 29.2 Å². The van der Waals surface area contributed by atoms with Crippen molar-refractivity contribution in [3.63, 3.8) is 0 Å². The molecule has 8 heteroatoms. The minimum Gasteiger partial charge on any atom is -0.465 e. The van der Waals surface area contributed by atoms with Crippen LogP contribution in [0.15, 0.2) is 42.7 Å². The summed E-state index contributed by atoms with van der Waals surface area (Å²) in [4.78, 5) is 45.1. The number of hydrogen-bond donors (Lipinski definition) is 1. The number of esters is 1. The van der Waals surface area contributed by atoms with Crippen molar-refractivity contribution in [3.05, 3.63) is 59.4 Å². The second-order valence-electron chi connectivity index (χ2n) is 6.72. The highest BCUT2D eigenvalue weighted by molar-refractivity contribution is 6.06. The lowest BCUT2D eigenvalue weighted by molar-refractivity contribution is 0.0599. The Hall–Kier alpha value is -3.26. The molecule has 1 aromatic carbocycles. The van der Waals surface area contributed by atoms with Gasteiger partial charge in [-0.15, -0.1) is 0 Å². The molecule has 0 spiro atoms. The SMILES string of the molecule is CCN1CCN(C(=O)c2cncc(C(=O)Nc3cccc(C(=O)OC)c3)c2)CC1. The minimum absolute atomic E-state index is 0.129. The van der Waals surface area contributed by atoms with Crippen molar-refractivity contribution >= 4 is 23.5 Å². The third-order valence-electron chi connectivity index (χ3n) is 4.90. The third-order valence-corrected chi connectivity index (χ3v) is 4.90. The van der Waals surface area contributed by atoms with Crippen molar-refractivity contribution in [1.82, 2.24) is 14.8 Å². The monoisotopic (exact) mass is 396 g/mol. The summed E-state index contributed by atoms with van der Waals surface area (Å²) < 4.78 is 4.69. The van der Waals surface area contributed by atoms with Gasteiger partial charge in [-0.05, 0) is 30.8 Å². The lowest BCUT2D eigenvalue weighted by Crippen LogP contribution is -2.48. The predicted molar refractivity (Wildman–Crippen MR) is 108 cm³/mol. The maximum absolute atomic E-state index is 12.8. The van der Waals surface area contributed by atoms with Gasteiger partial charge in [-0.3, -0.25) is 14.6 Å². The van der Waals surface area contributed by atoms with E-state index in [2.05, 4.69) is 26.9 Å². The number of amides is 2. The van der Waals surface area contributed by atoms with Gasteiger partial charge in [-0.1, -0.05) is 13.0 Å². The molecule has 1 aliphatic rings. The Balaban J connectivity index is 1.70. The average molecular weight is 396 g/mol. The molecule has 1 aromatic heterocycles. The van der Waals surface area contributed by atoms with Crippen LogP contribution in [0.25, 0.3) is 0 Å². The van der Waals surface area contributed by atoms with Crippen LogP contribution >= 0.6 is 0 Å². The van der Waals surface area contributed by atoms with Gasteiger partial charge in [0.25, 0.3) is 11.8 Å². The Labute approximate surface area is 169 Å². The van der Waals surface area contributed by atoms with Crippen LogP contribution < -0.4 is 5.32 Å². The molecule has 0 saturated carbocycles. The molecular formula is C21H24N4O4. The number of hydrogen-bond acceptors (Lipinski definition) is 6. The topological polar surface area (TPSA) is 91.8 Å². The number of methoxy groups -OCH3 is 1. The summed E-state index contributed by atoms with van der Waals surface area (Å²) in [5.74, 6) is -1.03. The van der Waals surface area contributed by atoms with Gasteiger partial charge in [0.05, 0.1) is 23.8 Å². The molecular weight excluding hydrogens is 372 g/mol. The first-order valence-corrected chi connectivity index (χ1v) is 9.48.